The Kier molecular flexibility index (Phi) is 2.43. The van der Waals surface area contributed by atoms with Gasteiger partial charge in [-0.25, -0.2) is 0 Å². The van der Waals surface area contributed by atoms with Gasteiger partial charge in [0.15, 0.2) is 11.9 Å². The van der Waals surface area contributed by atoms with Gasteiger partial charge in [0.2, 0.25) is 6.54 Å². The molecule has 0 aliphatic rings. The number of hydrogen-bond acceptors (Lipinski definition) is 1. The molecule has 0 aliphatic carbocycles. The van der Waals surface area contributed by atoms with Crippen molar-refractivity contribution in [2.45, 2.75) is 20.4 Å². The summed E-state index contributed by atoms with van der Waals surface area (Å²) >= 11 is 0. The fourth-order valence-corrected chi connectivity index (χ4v) is 1.13. The minimum Gasteiger partial charge on any atom is -0.364 e. The number of carbonyl (C=O) groups excluding carboxylic acids is 1. The third-order valence-electron chi connectivity index (χ3n) is 1.73. The lowest BCUT2D eigenvalue weighted by atomic mass is 10.2. The molecule has 1 amide bonds. The number of aromatic nitrogens is 1. The molecule has 1 aromatic rings. The van der Waals surface area contributed by atoms with Gasteiger partial charge in [0.1, 0.15) is 0 Å². The largest absolute Gasteiger partial charge is 0.364 e. The molecule has 64 valence electrons. The molecule has 12 heavy (non-hydrogen) atoms. The third-order valence-corrected chi connectivity index (χ3v) is 1.73. The Bertz CT molecular complexity index is 307. The van der Waals surface area contributed by atoms with Gasteiger partial charge in [-0.2, -0.15) is 4.57 Å². The molecule has 1 aromatic heterocycles. The molecule has 0 unspecified atom stereocenters. The monoisotopic (exact) mass is 165 g/mol. The van der Waals surface area contributed by atoms with E-state index >= 15 is 0 Å². The van der Waals surface area contributed by atoms with Crippen LogP contribution in [-0.2, 0) is 11.3 Å². The maximum absolute atomic E-state index is 10.6. The number of nitrogens with zero attached hydrogens (tertiary/aromatic N) is 1. The van der Waals surface area contributed by atoms with Crippen LogP contribution in [0, 0.1) is 13.8 Å². The number of nitrogens with two attached hydrogens (primary N) is 1. The van der Waals surface area contributed by atoms with Gasteiger partial charge in [-0.05, 0) is 12.5 Å². The molecule has 0 saturated heterocycles. The van der Waals surface area contributed by atoms with Gasteiger partial charge >= 0.3 is 0 Å². The first-order valence-corrected chi connectivity index (χ1v) is 3.84. The maximum atomic E-state index is 10.6. The van der Waals surface area contributed by atoms with Crippen LogP contribution in [0.25, 0.3) is 0 Å². The molecule has 3 heteroatoms. The van der Waals surface area contributed by atoms with E-state index < -0.39 is 0 Å². The van der Waals surface area contributed by atoms with E-state index in [1.807, 2.05) is 36.7 Å². The van der Waals surface area contributed by atoms with Crippen LogP contribution in [0.5, 0.6) is 0 Å². The Balaban J connectivity index is 2.93. The average molecular weight is 165 g/mol. The quantitative estimate of drug-likeness (QED) is 0.620. The van der Waals surface area contributed by atoms with Crippen molar-refractivity contribution < 1.29 is 9.36 Å². The predicted molar refractivity (Wildman–Crippen MR) is 45.3 cm³/mol. The number of amides is 1. The van der Waals surface area contributed by atoms with Gasteiger partial charge < -0.3 is 5.73 Å². The summed E-state index contributed by atoms with van der Waals surface area (Å²) in [5, 5.41) is 0. The van der Waals surface area contributed by atoms with Crippen molar-refractivity contribution >= 4 is 5.91 Å². The van der Waals surface area contributed by atoms with Crippen molar-refractivity contribution in [3.8, 4) is 0 Å². The van der Waals surface area contributed by atoms with Crippen LogP contribution in [0.4, 0.5) is 0 Å². The first kappa shape index (κ1) is 8.71. The van der Waals surface area contributed by atoms with Crippen molar-refractivity contribution in [2.24, 2.45) is 5.73 Å². The lowest BCUT2D eigenvalue weighted by molar-refractivity contribution is -0.690. The fourth-order valence-electron chi connectivity index (χ4n) is 1.13. The zero-order valence-electron chi connectivity index (χ0n) is 7.37. The minimum absolute atomic E-state index is 0.256. The highest BCUT2D eigenvalue weighted by Crippen LogP contribution is 1.95. The van der Waals surface area contributed by atoms with Gasteiger partial charge in [-0.1, -0.05) is 0 Å². The first-order chi connectivity index (χ1) is 5.59. The lowest BCUT2D eigenvalue weighted by Crippen LogP contribution is -2.42. The second-order valence-electron chi connectivity index (χ2n) is 2.94. The second-order valence-corrected chi connectivity index (χ2v) is 2.94. The van der Waals surface area contributed by atoms with Crippen LogP contribution >= 0.6 is 0 Å². The van der Waals surface area contributed by atoms with E-state index in [0.717, 1.165) is 5.69 Å². The number of primary amides is 1. The Morgan fingerprint density at radius 2 is 2.25 bits per heavy atom. The van der Waals surface area contributed by atoms with Gasteiger partial charge in [-0.15, -0.1) is 0 Å². The van der Waals surface area contributed by atoms with E-state index in [-0.39, 0.29) is 12.5 Å². The van der Waals surface area contributed by atoms with E-state index in [2.05, 4.69) is 0 Å². The summed E-state index contributed by atoms with van der Waals surface area (Å²) in [6.07, 6.45) is 1.87. The summed E-state index contributed by atoms with van der Waals surface area (Å²) in [4.78, 5) is 10.6. The zero-order valence-corrected chi connectivity index (χ0v) is 7.37. The van der Waals surface area contributed by atoms with Gasteiger partial charge in [0.05, 0.1) is 0 Å². The molecule has 0 radical (unpaired) electrons. The minimum atomic E-state index is -0.313. The molecular weight excluding hydrogens is 152 g/mol. The summed E-state index contributed by atoms with van der Waals surface area (Å²) in [5.41, 5.74) is 7.31. The average Bonchev–Trinajstić information content (AvgIpc) is 1.94. The van der Waals surface area contributed by atoms with Crippen LogP contribution in [-0.4, -0.2) is 5.91 Å². The number of rotatable bonds is 2. The molecule has 1 heterocycles. The van der Waals surface area contributed by atoms with Crippen molar-refractivity contribution in [1.29, 1.82) is 0 Å². The number of carbonyl (C=O) groups is 1. The fraction of sp³-hybridized carbons (Fsp3) is 0.333. The summed E-state index contributed by atoms with van der Waals surface area (Å²) in [7, 11) is 0. The molecule has 2 N–H and O–H groups in total. The Hall–Kier alpha value is -1.38. The smallest absolute Gasteiger partial charge is 0.283 e. The maximum Gasteiger partial charge on any atom is 0.283 e. The van der Waals surface area contributed by atoms with E-state index in [1.165, 1.54) is 5.56 Å². The van der Waals surface area contributed by atoms with E-state index in [0.29, 0.717) is 0 Å². The number of aryl methyl sites for hydroxylation is 2. The van der Waals surface area contributed by atoms with E-state index in [9.17, 15) is 4.79 Å². The van der Waals surface area contributed by atoms with E-state index in [4.69, 9.17) is 5.73 Å². The predicted octanol–water partition coefficient (Wildman–Crippen LogP) is 0.0762. The molecule has 0 spiro atoms. The molecule has 0 aromatic carbocycles. The first-order valence-electron chi connectivity index (χ1n) is 3.84. The second kappa shape index (κ2) is 3.34. The summed E-state index contributed by atoms with van der Waals surface area (Å²) < 4.78 is 1.83. The highest BCUT2D eigenvalue weighted by atomic mass is 16.1. The topological polar surface area (TPSA) is 47.0 Å². The third kappa shape index (κ3) is 2.05. The summed E-state index contributed by atoms with van der Waals surface area (Å²) in [6, 6.07) is 3.97. The molecule has 1 rings (SSSR count). The normalized spacial score (nSPS) is 9.83. The van der Waals surface area contributed by atoms with Crippen LogP contribution in [0.2, 0.25) is 0 Å². The Morgan fingerprint density at radius 1 is 1.58 bits per heavy atom. The molecule has 0 saturated carbocycles. The van der Waals surface area contributed by atoms with Gasteiger partial charge in [0.25, 0.3) is 5.91 Å². The molecule has 0 fully saturated rings. The van der Waals surface area contributed by atoms with Crippen LogP contribution in [0.1, 0.15) is 11.3 Å². The van der Waals surface area contributed by atoms with Crippen molar-refractivity contribution in [2.75, 3.05) is 0 Å². The SMILES string of the molecule is Cc1cc[n+](CC(N)=O)c(C)c1. The summed E-state index contributed by atoms with van der Waals surface area (Å²) in [5.74, 6) is -0.313. The van der Waals surface area contributed by atoms with Gasteiger partial charge in [0, 0.05) is 19.1 Å². The van der Waals surface area contributed by atoms with Crippen molar-refractivity contribution in [3.05, 3.63) is 29.6 Å². The lowest BCUT2D eigenvalue weighted by Gasteiger charge is -1.97. The molecule has 0 bridgehead atoms. The molecule has 3 nitrogen and oxygen atoms in total. The standard InChI is InChI=1S/C9H12N2O/c1-7-3-4-11(6-9(10)12)8(2)5-7/h3-5H,6H2,1-2H3,(H-,10,12)/p+1. The number of hydrogen-bond donors (Lipinski definition) is 1. The van der Waals surface area contributed by atoms with Crippen molar-refractivity contribution in [1.82, 2.24) is 0 Å². The highest BCUT2D eigenvalue weighted by Gasteiger charge is 2.08. The van der Waals surface area contributed by atoms with E-state index in [1.54, 1.807) is 0 Å². The highest BCUT2D eigenvalue weighted by molar-refractivity contribution is 5.72. The Labute approximate surface area is 71.8 Å². The Morgan fingerprint density at radius 3 is 2.75 bits per heavy atom. The number of pyridine rings is 1. The van der Waals surface area contributed by atoms with Crippen LogP contribution < -0.4 is 10.3 Å². The summed E-state index contributed by atoms with van der Waals surface area (Å²) in [6.45, 7) is 4.23. The van der Waals surface area contributed by atoms with Crippen LogP contribution in [0.15, 0.2) is 18.3 Å². The molecule has 0 atom stereocenters. The van der Waals surface area contributed by atoms with Gasteiger partial charge in [-0.3, -0.25) is 4.79 Å². The molecule has 0 aliphatic heterocycles. The van der Waals surface area contributed by atoms with Crippen LogP contribution in [0.3, 0.4) is 0 Å². The zero-order chi connectivity index (χ0) is 9.14. The molecular formula is C9H13N2O+. The van der Waals surface area contributed by atoms with Crippen molar-refractivity contribution in [3.63, 3.8) is 0 Å².